The molecule has 0 bridgehead atoms. The number of aromatic nitrogens is 3. The Morgan fingerprint density at radius 2 is 2.42 bits per heavy atom. The van der Waals surface area contributed by atoms with Crippen LogP contribution in [0.2, 0.25) is 0 Å². The molecule has 24 heavy (non-hydrogen) atoms. The summed E-state index contributed by atoms with van der Waals surface area (Å²) in [7, 11) is 0. The molecule has 1 amide bonds. The van der Waals surface area contributed by atoms with E-state index in [1.165, 1.54) is 12.3 Å². The van der Waals surface area contributed by atoms with E-state index in [9.17, 15) is 9.90 Å². The van der Waals surface area contributed by atoms with Gasteiger partial charge in [0.2, 0.25) is 0 Å². The number of nitrogens with zero attached hydrogens (tertiary/aromatic N) is 3. The maximum atomic E-state index is 12.2. The summed E-state index contributed by atoms with van der Waals surface area (Å²) in [4.78, 5) is 16.1. The molecule has 1 fully saturated rings. The van der Waals surface area contributed by atoms with Gasteiger partial charge in [-0.05, 0) is 31.9 Å². The SMILES string of the molecule is CCn1cc([C@@H]2OCCC[C@H]2CNC(=O)c2ncccc2O)cn1. The largest absolute Gasteiger partial charge is 0.505 e. The number of hydrogen-bond acceptors (Lipinski definition) is 5. The van der Waals surface area contributed by atoms with E-state index in [4.69, 9.17) is 4.74 Å². The van der Waals surface area contributed by atoms with Crippen LogP contribution in [-0.2, 0) is 11.3 Å². The quantitative estimate of drug-likeness (QED) is 0.874. The average Bonchev–Trinajstić information content (AvgIpc) is 3.09. The maximum absolute atomic E-state index is 12.2. The van der Waals surface area contributed by atoms with Gasteiger partial charge in [-0.2, -0.15) is 5.10 Å². The molecule has 3 heterocycles. The van der Waals surface area contributed by atoms with Gasteiger partial charge in [-0.25, -0.2) is 4.98 Å². The number of hydrogen-bond donors (Lipinski definition) is 2. The lowest BCUT2D eigenvalue weighted by atomic mass is 9.91. The van der Waals surface area contributed by atoms with E-state index >= 15 is 0 Å². The highest BCUT2D eigenvalue weighted by Crippen LogP contribution is 2.33. The summed E-state index contributed by atoms with van der Waals surface area (Å²) >= 11 is 0. The molecule has 2 aromatic rings. The van der Waals surface area contributed by atoms with E-state index in [-0.39, 0.29) is 29.4 Å². The van der Waals surface area contributed by atoms with Gasteiger partial charge in [0.25, 0.3) is 5.91 Å². The summed E-state index contributed by atoms with van der Waals surface area (Å²) in [5.74, 6) is -0.319. The van der Waals surface area contributed by atoms with Crippen molar-refractivity contribution in [2.75, 3.05) is 13.2 Å². The number of rotatable bonds is 5. The van der Waals surface area contributed by atoms with Gasteiger partial charge in [0.15, 0.2) is 5.69 Å². The molecule has 0 radical (unpaired) electrons. The molecule has 2 N–H and O–H groups in total. The molecule has 2 aromatic heterocycles. The van der Waals surface area contributed by atoms with Crippen molar-refractivity contribution in [3.05, 3.63) is 42.0 Å². The van der Waals surface area contributed by atoms with Gasteiger partial charge in [0, 0.05) is 43.6 Å². The van der Waals surface area contributed by atoms with Crippen molar-refractivity contribution >= 4 is 5.91 Å². The minimum absolute atomic E-state index is 0.0459. The first-order valence-corrected chi connectivity index (χ1v) is 8.25. The molecule has 2 atom stereocenters. The highest BCUT2D eigenvalue weighted by molar-refractivity contribution is 5.94. The second-order valence-electron chi connectivity index (χ2n) is 5.90. The zero-order chi connectivity index (χ0) is 16.9. The van der Waals surface area contributed by atoms with Crippen LogP contribution in [0.25, 0.3) is 0 Å². The van der Waals surface area contributed by atoms with Crippen molar-refractivity contribution in [2.24, 2.45) is 5.92 Å². The zero-order valence-corrected chi connectivity index (χ0v) is 13.7. The van der Waals surface area contributed by atoms with Gasteiger partial charge < -0.3 is 15.2 Å². The normalized spacial score (nSPS) is 20.7. The molecule has 1 aliphatic rings. The van der Waals surface area contributed by atoms with Gasteiger partial charge in [-0.3, -0.25) is 9.48 Å². The van der Waals surface area contributed by atoms with Crippen molar-refractivity contribution in [3.8, 4) is 5.75 Å². The van der Waals surface area contributed by atoms with Crippen LogP contribution in [-0.4, -0.2) is 38.9 Å². The number of aryl methyl sites for hydroxylation is 1. The molecule has 0 aliphatic carbocycles. The number of nitrogens with one attached hydrogen (secondary N) is 1. The van der Waals surface area contributed by atoms with Crippen molar-refractivity contribution in [1.29, 1.82) is 0 Å². The van der Waals surface area contributed by atoms with Gasteiger partial charge in [-0.1, -0.05) is 0 Å². The Morgan fingerprint density at radius 3 is 3.17 bits per heavy atom. The molecule has 1 saturated heterocycles. The lowest BCUT2D eigenvalue weighted by Crippen LogP contribution is -2.35. The Kier molecular flexibility index (Phi) is 5.10. The van der Waals surface area contributed by atoms with Gasteiger partial charge in [-0.15, -0.1) is 0 Å². The summed E-state index contributed by atoms with van der Waals surface area (Å²) in [6.45, 7) is 4.03. The molecule has 0 spiro atoms. The first kappa shape index (κ1) is 16.4. The molecule has 0 aromatic carbocycles. The number of carbonyl (C=O) groups excluding carboxylic acids is 1. The molecule has 1 aliphatic heterocycles. The van der Waals surface area contributed by atoms with Crippen molar-refractivity contribution in [2.45, 2.75) is 32.4 Å². The van der Waals surface area contributed by atoms with E-state index in [1.807, 2.05) is 24.0 Å². The van der Waals surface area contributed by atoms with Crippen LogP contribution in [0.15, 0.2) is 30.7 Å². The van der Waals surface area contributed by atoms with Gasteiger partial charge in [0.05, 0.1) is 12.3 Å². The van der Waals surface area contributed by atoms with E-state index in [2.05, 4.69) is 15.4 Å². The van der Waals surface area contributed by atoms with Crippen molar-refractivity contribution in [3.63, 3.8) is 0 Å². The van der Waals surface area contributed by atoms with Crippen LogP contribution in [0, 0.1) is 5.92 Å². The van der Waals surface area contributed by atoms with Gasteiger partial charge in [0.1, 0.15) is 5.75 Å². The van der Waals surface area contributed by atoms with Crippen LogP contribution in [0.5, 0.6) is 5.75 Å². The fourth-order valence-electron chi connectivity index (χ4n) is 3.00. The molecule has 7 nitrogen and oxygen atoms in total. The highest BCUT2D eigenvalue weighted by Gasteiger charge is 2.29. The second-order valence-corrected chi connectivity index (χ2v) is 5.90. The Morgan fingerprint density at radius 1 is 1.54 bits per heavy atom. The van der Waals surface area contributed by atoms with Crippen LogP contribution >= 0.6 is 0 Å². The Labute approximate surface area is 140 Å². The molecule has 0 saturated carbocycles. The molecule has 3 rings (SSSR count). The summed E-state index contributed by atoms with van der Waals surface area (Å²) < 4.78 is 7.80. The zero-order valence-electron chi connectivity index (χ0n) is 13.7. The topological polar surface area (TPSA) is 89.3 Å². The van der Waals surface area contributed by atoms with Crippen LogP contribution in [0.1, 0.15) is 41.9 Å². The van der Waals surface area contributed by atoms with Crippen LogP contribution in [0.4, 0.5) is 0 Å². The number of pyridine rings is 1. The molecule has 0 unspecified atom stereocenters. The van der Waals surface area contributed by atoms with E-state index in [0.717, 1.165) is 24.9 Å². The fourth-order valence-corrected chi connectivity index (χ4v) is 3.00. The summed E-state index contributed by atoms with van der Waals surface area (Å²) in [5, 5.41) is 16.9. The summed E-state index contributed by atoms with van der Waals surface area (Å²) in [6, 6.07) is 3.04. The predicted octanol–water partition coefficient (Wildman–Crippen LogP) is 1.90. The molecule has 128 valence electrons. The Hall–Kier alpha value is -2.41. The smallest absolute Gasteiger partial charge is 0.273 e. The molecule has 7 heteroatoms. The number of ether oxygens (including phenoxy) is 1. The summed E-state index contributed by atoms with van der Waals surface area (Å²) in [5.41, 5.74) is 1.08. The Bertz CT molecular complexity index is 701. The predicted molar refractivity (Wildman–Crippen MR) is 87.6 cm³/mol. The third-order valence-corrected chi connectivity index (χ3v) is 4.28. The number of aromatic hydroxyl groups is 1. The van der Waals surface area contributed by atoms with Crippen molar-refractivity contribution < 1.29 is 14.6 Å². The van der Waals surface area contributed by atoms with Gasteiger partial charge >= 0.3 is 0 Å². The minimum atomic E-state index is -0.373. The van der Waals surface area contributed by atoms with Crippen molar-refractivity contribution in [1.82, 2.24) is 20.1 Å². The molecular weight excluding hydrogens is 308 g/mol. The highest BCUT2D eigenvalue weighted by atomic mass is 16.5. The number of carbonyl (C=O) groups is 1. The summed E-state index contributed by atoms with van der Waals surface area (Å²) in [6.07, 6.45) is 7.18. The lowest BCUT2D eigenvalue weighted by molar-refractivity contribution is -0.0273. The standard InChI is InChI=1S/C17H22N4O3/c1-2-21-11-13(10-20-21)16-12(5-4-8-24-16)9-19-17(23)15-14(22)6-3-7-18-15/h3,6-7,10-12,16,22H,2,4-5,8-9H2,1H3,(H,19,23)/t12-,16+/m0/s1. The van der Waals surface area contributed by atoms with E-state index < -0.39 is 0 Å². The lowest BCUT2D eigenvalue weighted by Gasteiger charge is -2.31. The Balaban J connectivity index is 1.66. The minimum Gasteiger partial charge on any atom is -0.505 e. The first-order chi connectivity index (χ1) is 11.7. The third kappa shape index (κ3) is 3.56. The van der Waals surface area contributed by atoms with E-state index in [0.29, 0.717) is 13.2 Å². The second kappa shape index (κ2) is 7.44. The average molecular weight is 330 g/mol. The molecular formula is C17H22N4O3. The van der Waals surface area contributed by atoms with Crippen LogP contribution in [0.3, 0.4) is 0 Å². The monoisotopic (exact) mass is 330 g/mol. The number of amides is 1. The third-order valence-electron chi connectivity index (χ3n) is 4.28. The maximum Gasteiger partial charge on any atom is 0.273 e. The van der Waals surface area contributed by atoms with Crippen LogP contribution < -0.4 is 5.32 Å². The first-order valence-electron chi connectivity index (χ1n) is 8.25. The van der Waals surface area contributed by atoms with E-state index in [1.54, 1.807) is 6.07 Å². The fraction of sp³-hybridized carbons (Fsp3) is 0.471.